The normalized spacial score (nSPS) is 11.4. The van der Waals surface area contributed by atoms with Gasteiger partial charge in [-0.05, 0) is 37.6 Å². The molecule has 1 aromatic carbocycles. The summed E-state index contributed by atoms with van der Waals surface area (Å²) in [7, 11) is 0. The van der Waals surface area contributed by atoms with Crippen molar-refractivity contribution in [2.45, 2.75) is 45.6 Å². The summed E-state index contributed by atoms with van der Waals surface area (Å²) in [6.07, 6.45) is 5.60. The van der Waals surface area contributed by atoms with Gasteiger partial charge < -0.3 is 15.4 Å². The number of hydrogen-bond acceptors (Lipinski definition) is 4. The molecule has 0 aliphatic rings. The summed E-state index contributed by atoms with van der Waals surface area (Å²) in [5.74, 6) is -0.382. The first-order valence-electron chi connectivity index (χ1n) is 8.54. The Labute approximate surface area is 144 Å². The summed E-state index contributed by atoms with van der Waals surface area (Å²) >= 11 is 0. The van der Waals surface area contributed by atoms with Gasteiger partial charge in [0.2, 0.25) is 5.91 Å². The second kappa shape index (κ2) is 11.3. The Balaban J connectivity index is 2.71. The predicted octanol–water partition coefficient (Wildman–Crippen LogP) is 3.53. The second-order valence-corrected chi connectivity index (χ2v) is 5.52. The molecule has 0 saturated heterocycles. The first-order valence-corrected chi connectivity index (χ1v) is 8.54. The van der Waals surface area contributed by atoms with Gasteiger partial charge in [0.25, 0.3) is 0 Å². The number of carbonyl (C=O) groups excluding carboxylic acids is 2. The molecule has 1 rings (SSSR count). The van der Waals surface area contributed by atoms with Crippen LogP contribution < -0.4 is 10.6 Å². The van der Waals surface area contributed by atoms with Crippen molar-refractivity contribution in [3.63, 3.8) is 0 Å². The van der Waals surface area contributed by atoms with Crippen LogP contribution in [0.1, 0.15) is 49.9 Å². The zero-order valence-electron chi connectivity index (χ0n) is 14.6. The van der Waals surface area contributed by atoms with Crippen LogP contribution in [0.25, 0.3) is 0 Å². The van der Waals surface area contributed by atoms with Crippen molar-refractivity contribution >= 4 is 17.6 Å². The smallest absolute Gasteiger partial charge is 0.338 e. The van der Waals surface area contributed by atoms with Gasteiger partial charge in [-0.3, -0.25) is 4.79 Å². The van der Waals surface area contributed by atoms with E-state index in [1.165, 1.54) is 0 Å². The minimum absolute atomic E-state index is 0.0412. The molecule has 1 aromatic rings. The molecule has 1 unspecified atom stereocenters. The van der Waals surface area contributed by atoms with Crippen LogP contribution in [0.4, 0.5) is 5.69 Å². The highest BCUT2D eigenvalue weighted by Crippen LogP contribution is 2.14. The number of amides is 1. The van der Waals surface area contributed by atoms with E-state index in [1.807, 2.05) is 0 Å². The zero-order valence-corrected chi connectivity index (χ0v) is 14.6. The lowest BCUT2D eigenvalue weighted by atomic mass is 10.1. The van der Waals surface area contributed by atoms with E-state index < -0.39 is 0 Å². The van der Waals surface area contributed by atoms with Crippen LogP contribution >= 0.6 is 0 Å². The van der Waals surface area contributed by atoms with Gasteiger partial charge in [0.15, 0.2) is 0 Å². The highest BCUT2D eigenvalue weighted by atomic mass is 16.5. The van der Waals surface area contributed by atoms with Gasteiger partial charge >= 0.3 is 5.97 Å². The van der Waals surface area contributed by atoms with E-state index in [0.29, 0.717) is 18.7 Å². The maximum Gasteiger partial charge on any atom is 0.338 e. The van der Waals surface area contributed by atoms with Crippen molar-refractivity contribution in [3.8, 4) is 0 Å². The molecule has 0 heterocycles. The largest absolute Gasteiger partial charge is 0.462 e. The summed E-state index contributed by atoms with van der Waals surface area (Å²) in [4.78, 5) is 23.9. The average molecular weight is 332 g/mol. The zero-order chi connectivity index (χ0) is 17.8. The fraction of sp³-hybridized carbons (Fsp3) is 0.474. The van der Waals surface area contributed by atoms with Crippen LogP contribution in [0, 0.1) is 0 Å². The highest BCUT2D eigenvalue weighted by Gasteiger charge is 2.17. The lowest BCUT2D eigenvalue weighted by Gasteiger charge is -2.19. The monoisotopic (exact) mass is 332 g/mol. The van der Waals surface area contributed by atoms with Gasteiger partial charge in [0.05, 0.1) is 12.2 Å². The van der Waals surface area contributed by atoms with Crippen LogP contribution in [0.5, 0.6) is 0 Å². The van der Waals surface area contributed by atoms with Gasteiger partial charge in [0.1, 0.15) is 6.04 Å². The van der Waals surface area contributed by atoms with Gasteiger partial charge in [-0.1, -0.05) is 32.3 Å². The molecule has 0 fully saturated rings. The summed E-state index contributed by atoms with van der Waals surface area (Å²) in [6.45, 7) is 8.32. The first-order chi connectivity index (χ1) is 11.6. The molecule has 0 aliphatic heterocycles. The highest BCUT2D eigenvalue weighted by molar-refractivity contribution is 5.90. The summed E-state index contributed by atoms with van der Waals surface area (Å²) < 4.78 is 4.96. The fourth-order valence-electron chi connectivity index (χ4n) is 2.28. The Morgan fingerprint density at radius 1 is 1.21 bits per heavy atom. The van der Waals surface area contributed by atoms with Crippen LogP contribution in [-0.4, -0.2) is 31.1 Å². The third-order valence-electron chi connectivity index (χ3n) is 3.57. The first kappa shape index (κ1) is 19.7. The Bertz CT molecular complexity index is 526. The van der Waals surface area contributed by atoms with Gasteiger partial charge in [-0.15, -0.1) is 6.58 Å². The Morgan fingerprint density at radius 2 is 1.92 bits per heavy atom. The number of carbonyl (C=O) groups is 2. The topological polar surface area (TPSA) is 67.4 Å². The van der Waals surface area contributed by atoms with Crippen molar-refractivity contribution in [1.82, 2.24) is 5.32 Å². The van der Waals surface area contributed by atoms with Crippen molar-refractivity contribution in [3.05, 3.63) is 42.5 Å². The second-order valence-electron chi connectivity index (χ2n) is 5.52. The van der Waals surface area contributed by atoms with Crippen molar-refractivity contribution in [2.24, 2.45) is 0 Å². The number of ether oxygens (including phenoxy) is 1. The van der Waals surface area contributed by atoms with E-state index in [9.17, 15) is 9.59 Å². The molecular formula is C19H28N2O3. The van der Waals surface area contributed by atoms with Gasteiger partial charge in [-0.2, -0.15) is 0 Å². The summed E-state index contributed by atoms with van der Waals surface area (Å²) in [5.41, 5.74) is 1.30. The van der Waals surface area contributed by atoms with E-state index in [1.54, 1.807) is 37.3 Å². The maximum atomic E-state index is 12.3. The van der Waals surface area contributed by atoms with Crippen molar-refractivity contribution < 1.29 is 14.3 Å². The van der Waals surface area contributed by atoms with Crippen LogP contribution in [0.2, 0.25) is 0 Å². The molecule has 24 heavy (non-hydrogen) atoms. The molecule has 0 aromatic heterocycles. The van der Waals surface area contributed by atoms with Crippen molar-refractivity contribution in [2.75, 3.05) is 18.5 Å². The van der Waals surface area contributed by atoms with Gasteiger partial charge in [0, 0.05) is 12.2 Å². The van der Waals surface area contributed by atoms with Crippen LogP contribution in [0.3, 0.4) is 0 Å². The number of unbranched alkanes of at least 4 members (excludes halogenated alkanes) is 2. The number of rotatable bonds is 11. The number of esters is 1. The standard InChI is InChI=1S/C19H28N2O3/c1-4-7-8-9-17(18(22)20-14-5-2)21-16-12-10-15(11-13-16)19(23)24-6-3/h5,10-13,17,21H,2,4,6-9,14H2,1,3H3,(H,20,22). The molecule has 0 saturated carbocycles. The molecule has 0 aliphatic carbocycles. The molecular weight excluding hydrogens is 304 g/mol. The lowest BCUT2D eigenvalue weighted by molar-refractivity contribution is -0.121. The molecule has 5 nitrogen and oxygen atoms in total. The number of nitrogens with one attached hydrogen (secondary N) is 2. The van der Waals surface area contributed by atoms with E-state index in [2.05, 4.69) is 24.1 Å². The van der Waals surface area contributed by atoms with E-state index in [4.69, 9.17) is 4.74 Å². The summed E-state index contributed by atoms with van der Waals surface area (Å²) in [5, 5.41) is 6.08. The van der Waals surface area contributed by atoms with E-state index in [-0.39, 0.29) is 17.9 Å². The Hall–Kier alpha value is -2.30. The predicted molar refractivity (Wildman–Crippen MR) is 97.2 cm³/mol. The third-order valence-corrected chi connectivity index (χ3v) is 3.57. The summed E-state index contributed by atoms with van der Waals surface area (Å²) in [6, 6.07) is 6.68. The third kappa shape index (κ3) is 6.86. The van der Waals surface area contributed by atoms with Crippen LogP contribution in [0.15, 0.2) is 36.9 Å². The molecule has 0 bridgehead atoms. The Kier molecular flexibility index (Phi) is 9.27. The molecule has 1 amide bonds. The molecule has 5 heteroatoms. The van der Waals surface area contributed by atoms with E-state index in [0.717, 1.165) is 31.4 Å². The lowest BCUT2D eigenvalue weighted by Crippen LogP contribution is -2.39. The molecule has 1 atom stereocenters. The number of benzene rings is 1. The average Bonchev–Trinajstić information content (AvgIpc) is 2.59. The quantitative estimate of drug-likeness (QED) is 0.369. The van der Waals surface area contributed by atoms with E-state index >= 15 is 0 Å². The minimum atomic E-state index is -0.340. The molecule has 132 valence electrons. The molecule has 0 radical (unpaired) electrons. The fourth-order valence-corrected chi connectivity index (χ4v) is 2.28. The Morgan fingerprint density at radius 3 is 2.50 bits per heavy atom. The molecule has 0 spiro atoms. The van der Waals surface area contributed by atoms with Crippen LogP contribution in [-0.2, 0) is 9.53 Å². The SMILES string of the molecule is C=CCNC(=O)C(CCCCC)Nc1ccc(C(=O)OCC)cc1. The van der Waals surface area contributed by atoms with Crippen molar-refractivity contribution in [1.29, 1.82) is 0 Å². The van der Waals surface area contributed by atoms with Gasteiger partial charge in [-0.25, -0.2) is 4.79 Å². The molecule has 2 N–H and O–H groups in total. The number of anilines is 1. The maximum absolute atomic E-state index is 12.3. The number of hydrogen-bond donors (Lipinski definition) is 2. The minimum Gasteiger partial charge on any atom is -0.462 e.